The van der Waals surface area contributed by atoms with Crippen LogP contribution in [0, 0.1) is 5.82 Å². The number of halogens is 1. The van der Waals surface area contributed by atoms with Gasteiger partial charge in [-0.2, -0.15) is 5.10 Å². The summed E-state index contributed by atoms with van der Waals surface area (Å²) in [6.07, 6.45) is 5.73. The fourth-order valence-corrected chi connectivity index (χ4v) is 4.16. The van der Waals surface area contributed by atoms with Crippen LogP contribution in [0.3, 0.4) is 0 Å². The molecule has 1 aromatic carbocycles. The maximum Gasteiger partial charge on any atom is 0.192 e. The summed E-state index contributed by atoms with van der Waals surface area (Å²) in [6.45, 7) is 11.5. The van der Waals surface area contributed by atoms with Gasteiger partial charge in [0.15, 0.2) is 8.32 Å². The molecule has 0 spiro atoms. The molecule has 2 unspecified atom stereocenters. The summed E-state index contributed by atoms with van der Waals surface area (Å²) >= 11 is 0. The van der Waals surface area contributed by atoms with Crippen LogP contribution in [0.15, 0.2) is 30.6 Å². The van der Waals surface area contributed by atoms with Gasteiger partial charge in [-0.15, -0.1) is 0 Å². The van der Waals surface area contributed by atoms with E-state index in [9.17, 15) is 9.50 Å². The Kier molecular flexibility index (Phi) is 6.63. The minimum absolute atomic E-state index is 0.0390. The van der Waals surface area contributed by atoms with E-state index in [0.29, 0.717) is 0 Å². The third kappa shape index (κ3) is 5.15. The standard InChI is InChI=1S/C22H33FN2O3Si/c1-22(2,3)29(4,5)28-15-20(26)18-10-9-16(12-19(18)23)17-13-24-25(14-17)21-8-6-7-11-27-21/h9-10,12-14,20-21,26H,6-8,11,15H2,1-5H3. The highest BCUT2D eigenvalue weighted by molar-refractivity contribution is 6.74. The molecule has 2 atom stereocenters. The SMILES string of the molecule is CC(C)(C)[Si](C)(C)OCC(O)c1ccc(-c2cnn(C3CCCCO3)c2)cc1F. The van der Waals surface area contributed by atoms with E-state index in [1.165, 1.54) is 6.07 Å². The molecule has 5 nitrogen and oxygen atoms in total. The highest BCUT2D eigenvalue weighted by Crippen LogP contribution is 2.37. The number of rotatable bonds is 6. The summed E-state index contributed by atoms with van der Waals surface area (Å²) < 4.78 is 28.3. The Labute approximate surface area is 174 Å². The fraction of sp³-hybridized carbons (Fsp3) is 0.591. The molecule has 0 radical (unpaired) electrons. The van der Waals surface area contributed by atoms with Crippen LogP contribution in [-0.4, -0.2) is 36.4 Å². The molecule has 1 aliphatic rings. The van der Waals surface area contributed by atoms with Crippen molar-refractivity contribution in [2.75, 3.05) is 13.2 Å². The molecule has 3 rings (SSSR count). The zero-order valence-corrected chi connectivity index (χ0v) is 19.1. The molecule has 1 fully saturated rings. The summed E-state index contributed by atoms with van der Waals surface area (Å²) in [6, 6.07) is 4.91. The molecule has 0 amide bonds. The smallest absolute Gasteiger partial charge is 0.192 e. The van der Waals surface area contributed by atoms with Gasteiger partial charge in [-0.05, 0) is 49.0 Å². The van der Waals surface area contributed by atoms with Gasteiger partial charge in [-0.1, -0.05) is 32.9 Å². The largest absolute Gasteiger partial charge is 0.414 e. The van der Waals surface area contributed by atoms with Crippen molar-refractivity contribution in [1.82, 2.24) is 9.78 Å². The lowest BCUT2D eigenvalue weighted by Gasteiger charge is -2.36. The van der Waals surface area contributed by atoms with E-state index >= 15 is 0 Å². The number of hydrogen-bond acceptors (Lipinski definition) is 4. The van der Waals surface area contributed by atoms with Crippen molar-refractivity contribution in [2.24, 2.45) is 0 Å². The van der Waals surface area contributed by atoms with Crippen molar-refractivity contribution in [3.63, 3.8) is 0 Å². The number of aromatic nitrogens is 2. The Morgan fingerprint density at radius 3 is 2.69 bits per heavy atom. The second-order valence-electron chi connectivity index (χ2n) is 9.35. The van der Waals surface area contributed by atoms with Crippen LogP contribution < -0.4 is 0 Å². The number of benzene rings is 1. The second kappa shape index (κ2) is 8.68. The lowest BCUT2D eigenvalue weighted by Crippen LogP contribution is -2.41. The maximum atomic E-state index is 14.7. The molecule has 0 saturated carbocycles. The summed E-state index contributed by atoms with van der Waals surface area (Å²) in [5.41, 5.74) is 1.82. The molecule has 2 heterocycles. The van der Waals surface area contributed by atoms with Crippen molar-refractivity contribution in [2.45, 2.75) is 70.5 Å². The van der Waals surface area contributed by atoms with Gasteiger partial charge >= 0.3 is 0 Å². The summed E-state index contributed by atoms with van der Waals surface area (Å²) in [4.78, 5) is 0. The third-order valence-corrected chi connectivity index (χ3v) is 10.7. The van der Waals surface area contributed by atoms with Crippen molar-refractivity contribution in [3.8, 4) is 11.1 Å². The molecule has 160 valence electrons. The van der Waals surface area contributed by atoms with Crippen molar-refractivity contribution < 1.29 is 18.7 Å². The first-order chi connectivity index (χ1) is 13.6. The number of hydrogen-bond donors (Lipinski definition) is 1. The number of nitrogens with zero attached hydrogens (tertiary/aromatic N) is 2. The molecule has 0 aliphatic carbocycles. The van der Waals surface area contributed by atoms with Gasteiger partial charge < -0.3 is 14.3 Å². The summed E-state index contributed by atoms with van der Waals surface area (Å²) in [5.74, 6) is -0.435. The van der Waals surface area contributed by atoms with Crippen molar-refractivity contribution in [1.29, 1.82) is 0 Å². The van der Waals surface area contributed by atoms with Crippen LogP contribution in [0.5, 0.6) is 0 Å². The van der Waals surface area contributed by atoms with Gasteiger partial charge in [-0.25, -0.2) is 9.07 Å². The van der Waals surface area contributed by atoms with E-state index in [4.69, 9.17) is 9.16 Å². The van der Waals surface area contributed by atoms with Crippen molar-refractivity contribution in [3.05, 3.63) is 42.0 Å². The van der Waals surface area contributed by atoms with Crippen LogP contribution in [0.25, 0.3) is 11.1 Å². The molecular formula is C22H33FN2O3Si. The van der Waals surface area contributed by atoms with Gasteiger partial charge in [0.05, 0.1) is 12.8 Å². The van der Waals surface area contributed by atoms with E-state index in [2.05, 4.69) is 39.0 Å². The third-order valence-electron chi connectivity index (χ3n) is 6.15. The van der Waals surface area contributed by atoms with Crippen LogP contribution >= 0.6 is 0 Å². The van der Waals surface area contributed by atoms with Crippen molar-refractivity contribution >= 4 is 8.32 Å². The summed E-state index contributed by atoms with van der Waals surface area (Å²) in [7, 11) is -2.00. The highest BCUT2D eigenvalue weighted by atomic mass is 28.4. The zero-order valence-electron chi connectivity index (χ0n) is 18.1. The minimum Gasteiger partial charge on any atom is -0.414 e. The Bertz CT molecular complexity index is 826. The van der Waals surface area contributed by atoms with E-state index in [0.717, 1.165) is 37.0 Å². The normalized spacial score (nSPS) is 19.3. The topological polar surface area (TPSA) is 56.5 Å². The van der Waals surface area contributed by atoms with Crippen LogP contribution in [0.4, 0.5) is 4.39 Å². The van der Waals surface area contributed by atoms with E-state index < -0.39 is 20.2 Å². The predicted octanol–water partition coefficient (Wildman–Crippen LogP) is 5.44. The number of aliphatic hydroxyl groups is 1. The molecule has 7 heteroatoms. The molecular weight excluding hydrogens is 387 g/mol. The Morgan fingerprint density at radius 2 is 2.07 bits per heavy atom. The average Bonchev–Trinajstić information content (AvgIpc) is 3.16. The van der Waals surface area contributed by atoms with E-state index in [-0.39, 0.29) is 23.4 Å². The molecule has 1 aliphatic heterocycles. The molecule has 1 N–H and O–H groups in total. The summed E-state index contributed by atoms with van der Waals surface area (Å²) in [5, 5.41) is 14.9. The first-order valence-corrected chi connectivity index (χ1v) is 13.3. The average molecular weight is 421 g/mol. The molecule has 1 aromatic heterocycles. The lowest BCUT2D eigenvalue weighted by molar-refractivity contribution is -0.0394. The van der Waals surface area contributed by atoms with Crippen LogP contribution in [0.2, 0.25) is 18.1 Å². The number of aliphatic hydroxyl groups excluding tert-OH is 1. The quantitative estimate of drug-likeness (QED) is 0.632. The monoisotopic (exact) mass is 420 g/mol. The van der Waals surface area contributed by atoms with Crippen LogP contribution in [-0.2, 0) is 9.16 Å². The number of ether oxygens (including phenoxy) is 1. The first kappa shape index (κ1) is 22.1. The Hall–Kier alpha value is -1.54. The van der Waals surface area contributed by atoms with Gasteiger partial charge in [0.1, 0.15) is 18.1 Å². The molecule has 0 bridgehead atoms. The second-order valence-corrected chi connectivity index (χ2v) is 14.2. The van der Waals surface area contributed by atoms with E-state index in [1.807, 2.05) is 16.9 Å². The van der Waals surface area contributed by atoms with Gasteiger partial charge in [0, 0.05) is 23.9 Å². The Morgan fingerprint density at radius 1 is 1.31 bits per heavy atom. The van der Waals surface area contributed by atoms with Gasteiger partial charge in [0.2, 0.25) is 0 Å². The van der Waals surface area contributed by atoms with E-state index in [1.54, 1.807) is 12.3 Å². The van der Waals surface area contributed by atoms with Gasteiger partial charge in [-0.3, -0.25) is 0 Å². The minimum atomic E-state index is -2.00. The highest BCUT2D eigenvalue weighted by Gasteiger charge is 2.37. The maximum absolute atomic E-state index is 14.7. The molecule has 1 saturated heterocycles. The fourth-order valence-electron chi connectivity index (χ4n) is 3.15. The lowest BCUT2D eigenvalue weighted by atomic mass is 10.0. The molecule has 29 heavy (non-hydrogen) atoms. The molecule has 2 aromatic rings. The van der Waals surface area contributed by atoms with Crippen LogP contribution in [0.1, 0.15) is 57.9 Å². The van der Waals surface area contributed by atoms with Gasteiger partial charge in [0.25, 0.3) is 0 Å². The first-order valence-electron chi connectivity index (χ1n) is 10.4. The Balaban J connectivity index is 1.69. The zero-order chi connectivity index (χ0) is 21.2. The predicted molar refractivity (Wildman–Crippen MR) is 115 cm³/mol.